The molecule has 0 bridgehead atoms. The third-order valence-corrected chi connectivity index (χ3v) is 5.36. The van der Waals surface area contributed by atoms with Crippen LogP contribution in [0, 0.1) is 0 Å². The van der Waals surface area contributed by atoms with Crippen LogP contribution in [0.4, 0.5) is 0 Å². The summed E-state index contributed by atoms with van der Waals surface area (Å²) in [4.78, 5) is 0.375. The SMILES string of the molecule is CCC(CC)c1cc(S(C)(=O)=O)ccc1-c1cccc(Cl)c1. The van der Waals surface area contributed by atoms with Crippen LogP contribution in [0.25, 0.3) is 11.1 Å². The summed E-state index contributed by atoms with van der Waals surface area (Å²) >= 11 is 6.10. The minimum Gasteiger partial charge on any atom is -0.224 e. The van der Waals surface area contributed by atoms with Crippen LogP contribution in [0.1, 0.15) is 38.2 Å². The summed E-state index contributed by atoms with van der Waals surface area (Å²) in [6, 6.07) is 13.1. The molecule has 2 nitrogen and oxygen atoms in total. The quantitative estimate of drug-likeness (QED) is 0.741. The van der Waals surface area contributed by atoms with E-state index in [4.69, 9.17) is 11.6 Å². The zero-order chi connectivity index (χ0) is 16.3. The van der Waals surface area contributed by atoms with Crippen molar-refractivity contribution in [3.05, 3.63) is 53.1 Å². The van der Waals surface area contributed by atoms with Crippen LogP contribution in [0.2, 0.25) is 5.02 Å². The topological polar surface area (TPSA) is 34.1 Å². The predicted octanol–water partition coefficient (Wildman–Crippen LogP) is 5.31. The van der Waals surface area contributed by atoms with Gasteiger partial charge in [-0.15, -0.1) is 0 Å². The van der Waals surface area contributed by atoms with Crippen molar-refractivity contribution in [2.75, 3.05) is 6.26 Å². The Morgan fingerprint density at radius 3 is 2.27 bits per heavy atom. The summed E-state index contributed by atoms with van der Waals surface area (Å²) in [5, 5.41) is 0.681. The van der Waals surface area contributed by atoms with Crippen molar-refractivity contribution in [1.29, 1.82) is 0 Å². The Kier molecular flexibility index (Phi) is 5.30. The van der Waals surface area contributed by atoms with Gasteiger partial charge in [-0.25, -0.2) is 8.42 Å². The fraction of sp³-hybridized carbons (Fsp3) is 0.333. The van der Waals surface area contributed by atoms with E-state index in [1.807, 2.05) is 36.4 Å². The van der Waals surface area contributed by atoms with E-state index in [-0.39, 0.29) is 0 Å². The summed E-state index contributed by atoms with van der Waals surface area (Å²) in [6.45, 7) is 4.26. The standard InChI is InChI=1S/C18H21ClO2S/c1-4-13(5-2)18-12-16(22(3,20)21)9-10-17(18)14-7-6-8-15(19)11-14/h6-13H,4-5H2,1-3H3. The molecule has 2 aromatic rings. The van der Waals surface area contributed by atoms with Crippen LogP contribution in [0.5, 0.6) is 0 Å². The lowest BCUT2D eigenvalue weighted by molar-refractivity contribution is 0.600. The van der Waals surface area contributed by atoms with Crippen molar-refractivity contribution >= 4 is 21.4 Å². The van der Waals surface area contributed by atoms with Gasteiger partial charge in [-0.3, -0.25) is 0 Å². The van der Waals surface area contributed by atoms with E-state index in [2.05, 4.69) is 13.8 Å². The lowest BCUT2D eigenvalue weighted by Crippen LogP contribution is -2.03. The maximum atomic E-state index is 11.9. The normalized spacial score (nSPS) is 11.9. The maximum Gasteiger partial charge on any atom is 0.175 e. The van der Waals surface area contributed by atoms with Gasteiger partial charge in [-0.2, -0.15) is 0 Å². The average Bonchev–Trinajstić information content (AvgIpc) is 2.47. The van der Waals surface area contributed by atoms with Crippen molar-refractivity contribution in [3.8, 4) is 11.1 Å². The van der Waals surface area contributed by atoms with Crippen molar-refractivity contribution in [1.82, 2.24) is 0 Å². The van der Waals surface area contributed by atoms with Crippen molar-refractivity contribution in [2.45, 2.75) is 37.5 Å². The summed E-state index contributed by atoms with van der Waals surface area (Å²) in [5.74, 6) is 0.329. The van der Waals surface area contributed by atoms with Crippen molar-refractivity contribution in [2.24, 2.45) is 0 Å². The van der Waals surface area contributed by atoms with E-state index in [1.54, 1.807) is 6.07 Å². The van der Waals surface area contributed by atoms with Crippen LogP contribution in [-0.4, -0.2) is 14.7 Å². The number of sulfone groups is 1. The van der Waals surface area contributed by atoms with Crippen LogP contribution >= 0.6 is 11.6 Å². The highest BCUT2D eigenvalue weighted by Gasteiger charge is 2.17. The Bertz CT molecular complexity index is 762. The van der Waals surface area contributed by atoms with Crippen LogP contribution in [0.3, 0.4) is 0 Å². The summed E-state index contributed by atoms with van der Waals surface area (Å²) in [5.41, 5.74) is 3.16. The second-order valence-electron chi connectivity index (χ2n) is 5.54. The van der Waals surface area contributed by atoms with Crippen molar-refractivity contribution < 1.29 is 8.42 Å². The minimum atomic E-state index is -3.21. The minimum absolute atomic E-state index is 0.329. The molecule has 0 N–H and O–H groups in total. The number of hydrogen-bond donors (Lipinski definition) is 0. The van der Waals surface area contributed by atoms with Crippen molar-refractivity contribution in [3.63, 3.8) is 0 Å². The first-order valence-corrected chi connectivity index (χ1v) is 9.73. The maximum absolute atomic E-state index is 11.9. The van der Waals surface area contributed by atoms with E-state index < -0.39 is 9.84 Å². The number of hydrogen-bond acceptors (Lipinski definition) is 2. The van der Waals surface area contributed by atoms with E-state index in [0.717, 1.165) is 29.5 Å². The monoisotopic (exact) mass is 336 g/mol. The molecular weight excluding hydrogens is 316 g/mol. The molecule has 0 radical (unpaired) electrons. The molecule has 0 saturated heterocycles. The van der Waals surface area contributed by atoms with Crippen LogP contribution in [-0.2, 0) is 9.84 Å². The highest BCUT2D eigenvalue weighted by atomic mass is 35.5. The molecule has 0 aromatic heterocycles. The molecule has 22 heavy (non-hydrogen) atoms. The van der Waals surface area contributed by atoms with E-state index in [1.165, 1.54) is 6.26 Å². The van der Waals surface area contributed by atoms with Gasteiger partial charge < -0.3 is 0 Å². The first-order valence-electron chi connectivity index (χ1n) is 7.46. The molecule has 4 heteroatoms. The molecule has 0 spiro atoms. The van der Waals surface area contributed by atoms with Gasteiger partial charge in [0.25, 0.3) is 0 Å². The fourth-order valence-electron chi connectivity index (χ4n) is 2.76. The Balaban J connectivity index is 2.68. The van der Waals surface area contributed by atoms with E-state index in [0.29, 0.717) is 15.8 Å². The van der Waals surface area contributed by atoms with Gasteiger partial charge in [-0.1, -0.05) is 43.6 Å². The zero-order valence-electron chi connectivity index (χ0n) is 13.1. The van der Waals surface area contributed by atoms with Gasteiger partial charge in [0.1, 0.15) is 0 Å². The Hall–Kier alpha value is -1.32. The van der Waals surface area contributed by atoms with Crippen LogP contribution < -0.4 is 0 Å². The molecule has 118 valence electrons. The Morgan fingerprint density at radius 2 is 1.73 bits per heavy atom. The second kappa shape index (κ2) is 6.84. The lowest BCUT2D eigenvalue weighted by atomic mass is 9.87. The Labute approximate surface area is 138 Å². The first kappa shape index (κ1) is 17.0. The molecule has 0 saturated carbocycles. The van der Waals surface area contributed by atoms with Crippen LogP contribution in [0.15, 0.2) is 47.4 Å². The highest BCUT2D eigenvalue weighted by molar-refractivity contribution is 7.90. The lowest BCUT2D eigenvalue weighted by Gasteiger charge is -2.19. The highest BCUT2D eigenvalue weighted by Crippen LogP contribution is 2.35. The van der Waals surface area contributed by atoms with Gasteiger partial charge in [0.05, 0.1) is 4.90 Å². The molecule has 2 aromatic carbocycles. The fourth-order valence-corrected chi connectivity index (χ4v) is 3.60. The number of rotatable bonds is 5. The van der Waals surface area contributed by atoms with Gasteiger partial charge in [0, 0.05) is 11.3 Å². The van der Waals surface area contributed by atoms with Gasteiger partial charge in [-0.05, 0) is 59.7 Å². The summed E-state index contributed by atoms with van der Waals surface area (Å²) in [6.07, 6.45) is 3.19. The van der Waals surface area contributed by atoms with Gasteiger partial charge in [0.15, 0.2) is 9.84 Å². The summed E-state index contributed by atoms with van der Waals surface area (Å²) in [7, 11) is -3.21. The van der Waals surface area contributed by atoms with Gasteiger partial charge >= 0.3 is 0 Å². The van der Waals surface area contributed by atoms with E-state index in [9.17, 15) is 8.42 Å². The molecule has 0 fully saturated rings. The third kappa shape index (κ3) is 3.71. The molecule has 0 unspecified atom stereocenters. The smallest absolute Gasteiger partial charge is 0.175 e. The molecule has 2 rings (SSSR count). The first-order chi connectivity index (χ1) is 10.4. The molecule has 0 aliphatic carbocycles. The molecular formula is C18H21ClO2S. The predicted molar refractivity (Wildman–Crippen MR) is 93.3 cm³/mol. The zero-order valence-corrected chi connectivity index (χ0v) is 14.7. The molecule has 0 amide bonds. The second-order valence-corrected chi connectivity index (χ2v) is 8.00. The molecule has 0 heterocycles. The molecule has 0 aliphatic heterocycles. The summed E-state index contributed by atoms with van der Waals surface area (Å²) < 4.78 is 23.7. The molecule has 0 atom stereocenters. The number of halogens is 1. The average molecular weight is 337 g/mol. The number of benzene rings is 2. The third-order valence-electron chi connectivity index (χ3n) is 4.01. The molecule has 0 aliphatic rings. The Morgan fingerprint density at radius 1 is 1.05 bits per heavy atom. The van der Waals surface area contributed by atoms with E-state index >= 15 is 0 Å². The largest absolute Gasteiger partial charge is 0.224 e. The van der Waals surface area contributed by atoms with Gasteiger partial charge in [0.2, 0.25) is 0 Å².